The zero-order chi connectivity index (χ0) is 10.6. The summed E-state index contributed by atoms with van der Waals surface area (Å²) < 4.78 is 0. The van der Waals surface area contributed by atoms with Gasteiger partial charge in [-0.3, -0.25) is 4.79 Å². The molecule has 1 nitrogen and oxygen atoms in total. The lowest BCUT2D eigenvalue weighted by Gasteiger charge is -2.27. The quantitative estimate of drug-likeness (QED) is 0.653. The number of hydrogen-bond donors (Lipinski definition) is 0. The topological polar surface area (TPSA) is 17.1 Å². The van der Waals surface area contributed by atoms with Crippen molar-refractivity contribution >= 4 is 5.78 Å². The van der Waals surface area contributed by atoms with Crippen molar-refractivity contribution in [1.29, 1.82) is 0 Å². The monoisotopic (exact) mass is 196 g/mol. The van der Waals surface area contributed by atoms with Crippen molar-refractivity contribution in [2.24, 2.45) is 11.3 Å². The fourth-order valence-corrected chi connectivity index (χ4v) is 2.52. The van der Waals surface area contributed by atoms with Gasteiger partial charge in [0.25, 0.3) is 0 Å². The zero-order valence-electron chi connectivity index (χ0n) is 9.94. The summed E-state index contributed by atoms with van der Waals surface area (Å²) in [5.41, 5.74) is 0.741. The molecule has 0 aromatic carbocycles. The van der Waals surface area contributed by atoms with Crippen LogP contribution in [0.2, 0.25) is 0 Å². The summed E-state index contributed by atoms with van der Waals surface area (Å²) in [5.74, 6) is 0.937. The molecule has 2 saturated carbocycles. The van der Waals surface area contributed by atoms with E-state index in [4.69, 9.17) is 0 Å². The van der Waals surface area contributed by atoms with Gasteiger partial charge in [-0.25, -0.2) is 0 Å². The van der Waals surface area contributed by atoms with Crippen LogP contribution in [0.4, 0.5) is 0 Å². The molecule has 2 aliphatic carbocycles. The Morgan fingerprint density at radius 3 is 2.00 bits per heavy atom. The van der Waals surface area contributed by atoms with E-state index >= 15 is 0 Å². The molecule has 0 aromatic heterocycles. The van der Waals surface area contributed by atoms with Crippen LogP contribution in [0, 0.1) is 11.3 Å². The second-order valence-electron chi connectivity index (χ2n) is 4.59. The molecule has 82 valence electrons. The lowest BCUT2D eigenvalue weighted by Crippen LogP contribution is -2.21. The highest BCUT2D eigenvalue weighted by Crippen LogP contribution is 2.57. The smallest absolute Gasteiger partial charge is 0.135 e. The van der Waals surface area contributed by atoms with Crippen molar-refractivity contribution in [3.63, 3.8) is 0 Å². The Kier molecular flexibility index (Phi) is 4.15. The highest BCUT2D eigenvalue weighted by Gasteiger charge is 2.45. The van der Waals surface area contributed by atoms with Gasteiger partial charge in [-0.05, 0) is 43.9 Å². The van der Waals surface area contributed by atoms with Gasteiger partial charge in [-0.15, -0.1) is 0 Å². The molecule has 0 unspecified atom stereocenters. The molecule has 0 saturated heterocycles. The number of Topliss-reactive ketones (excluding diaryl/α,β-unsaturated/α-hetero) is 1. The third-order valence-corrected chi connectivity index (χ3v) is 3.81. The molecule has 2 aliphatic rings. The predicted molar refractivity (Wildman–Crippen MR) is 60.3 cm³/mol. The first kappa shape index (κ1) is 11.7. The van der Waals surface area contributed by atoms with E-state index in [1.807, 2.05) is 20.8 Å². The summed E-state index contributed by atoms with van der Waals surface area (Å²) in [6.07, 6.45) is 8.68. The van der Waals surface area contributed by atoms with E-state index in [1.165, 1.54) is 38.5 Å². The lowest BCUT2D eigenvalue weighted by atomic mass is 9.77. The van der Waals surface area contributed by atoms with Crippen molar-refractivity contribution in [3.8, 4) is 0 Å². The summed E-state index contributed by atoms with van der Waals surface area (Å²) in [4.78, 5) is 11.4. The largest absolute Gasteiger partial charge is 0.299 e. The molecule has 0 N–H and O–H groups in total. The molecular formula is C13H24O. The summed E-state index contributed by atoms with van der Waals surface area (Å²) in [7, 11) is 0. The minimum absolute atomic E-state index is 0.432. The van der Waals surface area contributed by atoms with Crippen LogP contribution in [-0.4, -0.2) is 5.78 Å². The van der Waals surface area contributed by atoms with Crippen LogP contribution in [0.25, 0.3) is 0 Å². The summed E-state index contributed by atoms with van der Waals surface area (Å²) in [5, 5.41) is 0. The van der Waals surface area contributed by atoms with Gasteiger partial charge in [-0.2, -0.15) is 0 Å². The summed E-state index contributed by atoms with van der Waals surface area (Å²) in [6, 6.07) is 0. The fraction of sp³-hybridized carbons (Fsp3) is 0.923. The Hall–Kier alpha value is -0.330. The molecule has 14 heavy (non-hydrogen) atoms. The Labute approximate surface area is 88.3 Å². The molecule has 0 aliphatic heterocycles. The Balaban J connectivity index is 0.000000461. The summed E-state index contributed by atoms with van der Waals surface area (Å²) in [6.45, 7) is 5.99. The molecule has 2 rings (SSSR count). The van der Waals surface area contributed by atoms with Gasteiger partial charge < -0.3 is 0 Å². The predicted octanol–water partition coefficient (Wildman–Crippen LogP) is 3.96. The Bertz CT molecular complexity index is 181. The van der Waals surface area contributed by atoms with Crippen LogP contribution in [0.3, 0.4) is 0 Å². The van der Waals surface area contributed by atoms with Crippen LogP contribution in [0.5, 0.6) is 0 Å². The van der Waals surface area contributed by atoms with E-state index in [0.717, 1.165) is 11.8 Å². The van der Waals surface area contributed by atoms with Crippen molar-refractivity contribution in [3.05, 3.63) is 0 Å². The van der Waals surface area contributed by atoms with Gasteiger partial charge in [0.15, 0.2) is 0 Å². The van der Waals surface area contributed by atoms with Gasteiger partial charge in [0.05, 0.1) is 0 Å². The van der Waals surface area contributed by atoms with Gasteiger partial charge in [0.1, 0.15) is 5.78 Å². The molecule has 0 heterocycles. The molecule has 0 bridgehead atoms. The highest BCUT2D eigenvalue weighted by atomic mass is 16.1. The van der Waals surface area contributed by atoms with Crippen LogP contribution in [-0.2, 0) is 4.79 Å². The van der Waals surface area contributed by atoms with Gasteiger partial charge in [-0.1, -0.05) is 20.8 Å². The minimum Gasteiger partial charge on any atom is -0.299 e. The van der Waals surface area contributed by atoms with Crippen LogP contribution in [0.1, 0.15) is 65.7 Å². The van der Waals surface area contributed by atoms with E-state index in [-0.39, 0.29) is 0 Å². The van der Waals surface area contributed by atoms with E-state index < -0.39 is 0 Å². The number of rotatable bonds is 2. The Morgan fingerprint density at radius 1 is 1.14 bits per heavy atom. The molecule has 0 amide bonds. The first-order chi connectivity index (χ1) is 6.76. The van der Waals surface area contributed by atoms with E-state index in [1.54, 1.807) is 0 Å². The minimum atomic E-state index is 0.432. The summed E-state index contributed by atoms with van der Waals surface area (Å²) >= 11 is 0. The number of hydrogen-bond acceptors (Lipinski definition) is 1. The normalized spacial score (nSPS) is 23.9. The average molecular weight is 196 g/mol. The molecule has 1 heteroatoms. The van der Waals surface area contributed by atoms with Crippen molar-refractivity contribution in [1.82, 2.24) is 0 Å². The fourth-order valence-electron chi connectivity index (χ4n) is 2.52. The molecule has 1 spiro atoms. The molecular weight excluding hydrogens is 172 g/mol. The second-order valence-corrected chi connectivity index (χ2v) is 4.59. The van der Waals surface area contributed by atoms with Crippen molar-refractivity contribution < 1.29 is 4.79 Å². The maximum absolute atomic E-state index is 11.4. The van der Waals surface area contributed by atoms with Crippen LogP contribution >= 0.6 is 0 Å². The molecule has 0 aromatic rings. The third kappa shape index (κ3) is 2.59. The first-order valence-electron chi connectivity index (χ1n) is 6.28. The molecule has 0 atom stereocenters. The van der Waals surface area contributed by atoms with E-state index in [9.17, 15) is 4.79 Å². The first-order valence-corrected chi connectivity index (χ1v) is 6.28. The second kappa shape index (κ2) is 4.95. The van der Waals surface area contributed by atoms with Gasteiger partial charge in [0, 0.05) is 12.3 Å². The number of carbonyl (C=O) groups excluding carboxylic acids is 1. The zero-order valence-corrected chi connectivity index (χ0v) is 9.94. The number of carbonyl (C=O) groups is 1. The number of ketones is 1. The van der Waals surface area contributed by atoms with Crippen LogP contribution in [0.15, 0.2) is 0 Å². The van der Waals surface area contributed by atoms with Gasteiger partial charge >= 0.3 is 0 Å². The average Bonchev–Trinajstić information content (AvgIpc) is 3.01. The molecule has 0 radical (unpaired) electrons. The standard InChI is InChI=1S/C11H18O.C2H6/c1-2-10(12)9-3-5-11(6-4-9)7-8-11;1-2/h9H,2-8H2,1H3;1-2H3. The SMILES string of the molecule is CC.CCC(=O)C1CCC2(CC1)CC2. The highest BCUT2D eigenvalue weighted by molar-refractivity contribution is 5.80. The van der Waals surface area contributed by atoms with E-state index in [2.05, 4.69) is 0 Å². The molecule has 2 fully saturated rings. The maximum atomic E-state index is 11.4. The van der Waals surface area contributed by atoms with Crippen molar-refractivity contribution in [2.45, 2.75) is 65.7 Å². The maximum Gasteiger partial charge on any atom is 0.135 e. The lowest BCUT2D eigenvalue weighted by molar-refractivity contribution is -0.123. The van der Waals surface area contributed by atoms with E-state index in [0.29, 0.717) is 11.7 Å². The van der Waals surface area contributed by atoms with Crippen molar-refractivity contribution in [2.75, 3.05) is 0 Å². The van der Waals surface area contributed by atoms with Gasteiger partial charge in [0.2, 0.25) is 0 Å². The Morgan fingerprint density at radius 2 is 1.64 bits per heavy atom. The van der Waals surface area contributed by atoms with Crippen LogP contribution < -0.4 is 0 Å². The third-order valence-electron chi connectivity index (χ3n) is 3.81.